The first-order chi connectivity index (χ1) is 8.79. The Morgan fingerprint density at radius 1 is 0.889 bits per heavy atom. The zero-order valence-corrected chi connectivity index (χ0v) is 11.7. The van der Waals surface area contributed by atoms with Gasteiger partial charge in [0.2, 0.25) is 0 Å². The lowest BCUT2D eigenvalue weighted by atomic mass is 9.68. The predicted molar refractivity (Wildman–Crippen MR) is 74.4 cm³/mol. The van der Waals surface area contributed by atoms with Crippen LogP contribution in [0.3, 0.4) is 0 Å². The van der Waals surface area contributed by atoms with Gasteiger partial charge in [0.25, 0.3) is 0 Å². The van der Waals surface area contributed by atoms with Crippen LogP contribution in [-0.4, -0.2) is 18.2 Å². The van der Waals surface area contributed by atoms with Crippen molar-refractivity contribution in [1.82, 2.24) is 0 Å². The van der Waals surface area contributed by atoms with Gasteiger partial charge in [-0.05, 0) is 56.8 Å². The second kappa shape index (κ2) is 5.50. The van der Waals surface area contributed by atoms with Gasteiger partial charge in [0.15, 0.2) is 0 Å². The Bertz CT molecular complexity index is 266. The highest BCUT2D eigenvalue weighted by Gasteiger charge is 2.44. The van der Waals surface area contributed by atoms with E-state index in [2.05, 4.69) is 0 Å². The molecule has 2 atom stereocenters. The van der Waals surface area contributed by atoms with Crippen molar-refractivity contribution in [3.05, 3.63) is 0 Å². The fourth-order valence-corrected chi connectivity index (χ4v) is 4.39. The van der Waals surface area contributed by atoms with Crippen molar-refractivity contribution in [3.63, 3.8) is 0 Å². The molecule has 3 fully saturated rings. The molecule has 18 heavy (non-hydrogen) atoms. The van der Waals surface area contributed by atoms with E-state index in [9.17, 15) is 0 Å². The average molecular weight is 251 g/mol. The zero-order valence-electron chi connectivity index (χ0n) is 11.7. The molecule has 104 valence electrons. The van der Waals surface area contributed by atoms with Crippen LogP contribution >= 0.6 is 0 Å². The average Bonchev–Trinajstić information content (AvgIpc) is 2.65. The molecule has 2 nitrogen and oxygen atoms in total. The van der Waals surface area contributed by atoms with Gasteiger partial charge in [-0.1, -0.05) is 25.7 Å². The molecule has 0 bridgehead atoms. The molecule has 2 aliphatic carbocycles. The van der Waals surface area contributed by atoms with E-state index in [-0.39, 0.29) is 5.60 Å². The Balaban J connectivity index is 1.58. The standard InChI is InChI=1S/C16H29NO/c17-15(13-6-3-1-2-4-7-13)14-8-11-18-16(12-14)9-5-10-16/h13-15H,1-12,17H2. The Morgan fingerprint density at radius 3 is 2.22 bits per heavy atom. The van der Waals surface area contributed by atoms with Crippen molar-refractivity contribution >= 4 is 0 Å². The van der Waals surface area contributed by atoms with Crippen LogP contribution in [-0.2, 0) is 4.74 Å². The molecule has 1 saturated heterocycles. The van der Waals surface area contributed by atoms with E-state index in [1.165, 1.54) is 70.6 Å². The third-order valence-electron chi connectivity index (χ3n) is 5.78. The fourth-order valence-electron chi connectivity index (χ4n) is 4.39. The number of rotatable bonds is 2. The maximum absolute atomic E-state index is 6.64. The van der Waals surface area contributed by atoms with E-state index in [4.69, 9.17) is 10.5 Å². The number of hydrogen-bond donors (Lipinski definition) is 1. The van der Waals surface area contributed by atoms with Crippen molar-refractivity contribution in [1.29, 1.82) is 0 Å². The molecule has 3 aliphatic rings. The minimum absolute atomic E-state index is 0.269. The van der Waals surface area contributed by atoms with E-state index >= 15 is 0 Å². The molecule has 1 heterocycles. The molecule has 2 unspecified atom stereocenters. The van der Waals surface area contributed by atoms with Crippen molar-refractivity contribution in [3.8, 4) is 0 Å². The third-order valence-corrected chi connectivity index (χ3v) is 5.78. The molecule has 0 aromatic heterocycles. The molecule has 0 aromatic rings. The summed E-state index contributed by atoms with van der Waals surface area (Å²) in [5.41, 5.74) is 6.91. The third kappa shape index (κ3) is 2.60. The lowest BCUT2D eigenvalue weighted by Crippen LogP contribution is -2.50. The fraction of sp³-hybridized carbons (Fsp3) is 1.00. The van der Waals surface area contributed by atoms with E-state index in [1.807, 2.05) is 0 Å². The summed E-state index contributed by atoms with van der Waals surface area (Å²) in [5, 5.41) is 0. The van der Waals surface area contributed by atoms with Gasteiger partial charge in [0.05, 0.1) is 5.60 Å². The number of ether oxygens (including phenoxy) is 1. The van der Waals surface area contributed by atoms with Crippen molar-refractivity contribution in [2.45, 2.75) is 82.3 Å². The normalized spacial score (nSPS) is 34.8. The Kier molecular flexibility index (Phi) is 3.95. The summed E-state index contributed by atoms with van der Waals surface area (Å²) in [6.07, 6.45) is 14.9. The Morgan fingerprint density at radius 2 is 1.61 bits per heavy atom. The molecular formula is C16H29NO. The van der Waals surface area contributed by atoms with Gasteiger partial charge in [-0.3, -0.25) is 0 Å². The molecule has 0 amide bonds. The van der Waals surface area contributed by atoms with Gasteiger partial charge < -0.3 is 10.5 Å². The van der Waals surface area contributed by atoms with Crippen LogP contribution in [0.4, 0.5) is 0 Å². The summed E-state index contributed by atoms with van der Waals surface area (Å²) in [7, 11) is 0. The molecule has 0 aromatic carbocycles. The summed E-state index contributed by atoms with van der Waals surface area (Å²) >= 11 is 0. The Hall–Kier alpha value is -0.0800. The van der Waals surface area contributed by atoms with Crippen LogP contribution < -0.4 is 5.73 Å². The first kappa shape index (κ1) is 12.9. The Labute approximate surface area is 112 Å². The van der Waals surface area contributed by atoms with Crippen LogP contribution in [0.1, 0.15) is 70.6 Å². The van der Waals surface area contributed by atoms with Gasteiger partial charge in [-0.15, -0.1) is 0 Å². The topological polar surface area (TPSA) is 35.2 Å². The molecule has 1 spiro atoms. The molecule has 1 aliphatic heterocycles. The number of hydrogen-bond acceptors (Lipinski definition) is 2. The zero-order chi connectivity index (χ0) is 12.4. The van der Waals surface area contributed by atoms with Gasteiger partial charge >= 0.3 is 0 Å². The summed E-state index contributed by atoms with van der Waals surface area (Å²) in [6.45, 7) is 0.963. The first-order valence-corrected chi connectivity index (χ1v) is 8.19. The lowest BCUT2D eigenvalue weighted by molar-refractivity contribution is -0.147. The van der Waals surface area contributed by atoms with E-state index in [1.54, 1.807) is 0 Å². The number of nitrogens with two attached hydrogens (primary N) is 1. The van der Waals surface area contributed by atoms with Crippen molar-refractivity contribution in [2.24, 2.45) is 17.6 Å². The summed E-state index contributed by atoms with van der Waals surface area (Å²) in [5.74, 6) is 1.54. The van der Waals surface area contributed by atoms with Crippen LogP contribution in [0.25, 0.3) is 0 Å². The molecule has 2 heteroatoms. The summed E-state index contributed by atoms with van der Waals surface area (Å²) in [6, 6.07) is 0.449. The van der Waals surface area contributed by atoms with Gasteiger partial charge in [-0.25, -0.2) is 0 Å². The van der Waals surface area contributed by atoms with E-state index < -0.39 is 0 Å². The lowest BCUT2D eigenvalue weighted by Gasteiger charge is -2.49. The molecule has 2 saturated carbocycles. The van der Waals surface area contributed by atoms with Crippen LogP contribution in [0, 0.1) is 11.8 Å². The maximum Gasteiger partial charge on any atom is 0.0685 e. The monoisotopic (exact) mass is 251 g/mol. The van der Waals surface area contributed by atoms with Gasteiger partial charge in [0, 0.05) is 12.6 Å². The second-order valence-corrected chi connectivity index (χ2v) is 6.97. The molecule has 3 rings (SSSR count). The summed E-state index contributed by atoms with van der Waals surface area (Å²) < 4.78 is 6.04. The maximum atomic E-state index is 6.64. The van der Waals surface area contributed by atoms with Gasteiger partial charge in [0.1, 0.15) is 0 Å². The molecule has 0 radical (unpaired) electrons. The first-order valence-electron chi connectivity index (χ1n) is 8.19. The highest BCUT2D eigenvalue weighted by molar-refractivity contribution is 4.97. The van der Waals surface area contributed by atoms with Crippen LogP contribution in [0.5, 0.6) is 0 Å². The van der Waals surface area contributed by atoms with E-state index in [0.29, 0.717) is 6.04 Å². The quantitative estimate of drug-likeness (QED) is 0.761. The highest BCUT2D eigenvalue weighted by Crippen LogP contribution is 2.46. The van der Waals surface area contributed by atoms with Gasteiger partial charge in [-0.2, -0.15) is 0 Å². The summed E-state index contributed by atoms with van der Waals surface area (Å²) in [4.78, 5) is 0. The SMILES string of the molecule is NC(C1CCCCCC1)C1CCOC2(CCC2)C1. The molecule has 2 N–H and O–H groups in total. The minimum atomic E-state index is 0.269. The smallest absolute Gasteiger partial charge is 0.0685 e. The molecular weight excluding hydrogens is 222 g/mol. The van der Waals surface area contributed by atoms with E-state index in [0.717, 1.165) is 18.4 Å². The largest absolute Gasteiger partial charge is 0.375 e. The minimum Gasteiger partial charge on any atom is -0.375 e. The van der Waals surface area contributed by atoms with Crippen LogP contribution in [0.2, 0.25) is 0 Å². The second-order valence-electron chi connectivity index (χ2n) is 6.97. The van der Waals surface area contributed by atoms with Crippen molar-refractivity contribution in [2.75, 3.05) is 6.61 Å². The predicted octanol–water partition coefficient (Wildman–Crippen LogP) is 3.63. The van der Waals surface area contributed by atoms with Crippen LogP contribution in [0.15, 0.2) is 0 Å². The highest BCUT2D eigenvalue weighted by atomic mass is 16.5. The van der Waals surface area contributed by atoms with Crippen molar-refractivity contribution < 1.29 is 4.74 Å².